The Labute approximate surface area is 195 Å². The molecule has 0 radical (unpaired) electrons. The maximum absolute atomic E-state index is 13.3. The number of carbonyl (C=O) groups is 5. The number of amides is 4. The van der Waals surface area contributed by atoms with Crippen LogP contribution in [0.5, 0.6) is 0 Å². The summed E-state index contributed by atoms with van der Waals surface area (Å²) in [5.74, 6) is -2.71. The maximum atomic E-state index is 13.3. The third-order valence-electron chi connectivity index (χ3n) is 5.40. The number of rotatable bonds is 9. The van der Waals surface area contributed by atoms with Crippen molar-refractivity contribution in [1.82, 2.24) is 16.0 Å². The van der Waals surface area contributed by atoms with Gasteiger partial charge in [-0.25, -0.2) is 4.39 Å². The Morgan fingerprint density at radius 2 is 1.76 bits per heavy atom. The summed E-state index contributed by atoms with van der Waals surface area (Å²) in [6.45, 7) is 2.02. The standard InChI is InChI=1S/C24H25FN4O5/c1-14(27-23(33)15-4-2-6-18(25)10-15)21(31)28-19-7-3-5-16(11-19)24(34)29-20(13-30)12-17-8-9-26-22(17)32/h2-7,10-11,13-14,17,20H,8-9,12H2,1H3,(H,26,32)(H,27,33)(H,28,31)(H,29,34)/t14-,17?,20+/m1/s1. The molecule has 4 N–H and O–H groups in total. The van der Waals surface area contributed by atoms with Gasteiger partial charge >= 0.3 is 0 Å². The molecule has 1 fully saturated rings. The monoisotopic (exact) mass is 468 g/mol. The Morgan fingerprint density at radius 3 is 2.41 bits per heavy atom. The summed E-state index contributed by atoms with van der Waals surface area (Å²) < 4.78 is 13.3. The Kier molecular flexibility index (Phi) is 8.07. The summed E-state index contributed by atoms with van der Waals surface area (Å²) >= 11 is 0. The number of halogens is 1. The van der Waals surface area contributed by atoms with Crippen molar-refractivity contribution in [3.63, 3.8) is 0 Å². The van der Waals surface area contributed by atoms with Gasteiger partial charge < -0.3 is 26.1 Å². The zero-order valence-electron chi connectivity index (χ0n) is 18.5. The van der Waals surface area contributed by atoms with Crippen molar-refractivity contribution in [2.75, 3.05) is 11.9 Å². The smallest absolute Gasteiger partial charge is 0.252 e. The minimum absolute atomic E-state index is 0.0816. The summed E-state index contributed by atoms with van der Waals surface area (Å²) in [5, 5.41) is 10.4. The molecular formula is C24H25FN4O5. The minimum Gasteiger partial charge on any atom is -0.356 e. The number of carbonyl (C=O) groups excluding carboxylic acids is 5. The largest absolute Gasteiger partial charge is 0.356 e. The van der Waals surface area contributed by atoms with E-state index >= 15 is 0 Å². The summed E-state index contributed by atoms with van der Waals surface area (Å²) in [6, 6.07) is 9.40. The first-order valence-electron chi connectivity index (χ1n) is 10.8. The third kappa shape index (κ3) is 6.47. The molecule has 1 saturated heterocycles. The Morgan fingerprint density at radius 1 is 1.09 bits per heavy atom. The average Bonchev–Trinajstić information content (AvgIpc) is 3.22. The summed E-state index contributed by atoms with van der Waals surface area (Å²) in [5.41, 5.74) is 0.595. The number of anilines is 1. The molecule has 178 valence electrons. The van der Waals surface area contributed by atoms with Crippen LogP contribution in [0.4, 0.5) is 10.1 Å². The van der Waals surface area contributed by atoms with E-state index < -0.39 is 35.6 Å². The molecule has 0 aliphatic carbocycles. The molecule has 1 heterocycles. The highest BCUT2D eigenvalue weighted by atomic mass is 19.1. The van der Waals surface area contributed by atoms with Crippen LogP contribution in [0.25, 0.3) is 0 Å². The number of hydrogen-bond acceptors (Lipinski definition) is 5. The van der Waals surface area contributed by atoms with Crippen LogP contribution in [0, 0.1) is 11.7 Å². The molecule has 0 saturated carbocycles. The number of nitrogens with one attached hydrogen (secondary N) is 4. The topological polar surface area (TPSA) is 133 Å². The zero-order valence-corrected chi connectivity index (χ0v) is 18.5. The Balaban J connectivity index is 1.57. The van der Waals surface area contributed by atoms with Gasteiger partial charge in [0, 0.05) is 29.3 Å². The fourth-order valence-corrected chi connectivity index (χ4v) is 3.54. The molecule has 0 spiro atoms. The van der Waals surface area contributed by atoms with E-state index in [-0.39, 0.29) is 29.4 Å². The lowest BCUT2D eigenvalue weighted by atomic mass is 9.99. The first-order chi connectivity index (χ1) is 16.3. The maximum Gasteiger partial charge on any atom is 0.252 e. The lowest BCUT2D eigenvalue weighted by molar-refractivity contribution is -0.123. The van der Waals surface area contributed by atoms with Gasteiger partial charge in [0.2, 0.25) is 11.8 Å². The SMILES string of the molecule is C[C@@H](NC(=O)c1cccc(F)c1)C(=O)Nc1cccc(C(=O)N[C@H](C=O)CC2CCNC2=O)c1. The van der Waals surface area contributed by atoms with Crippen molar-refractivity contribution in [2.24, 2.45) is 5.92 Å². The van der Waals surface area contributed by atoms with Crippen molar-refractivity contribution in [1.29, 1.82) is 0 Å². The Bertz CT molecular complexity index is 1110. The first-order valence-corrected chi connectivity index (χ1v) is 10.8. The van der Waals surface area contributed by atoms with Crippen LogP contribution in [0.15, 0.2) is 48.5 Å². The molecule has 2 aromatic rings. The van der Waals surface area contributed by atoms with Crippen LogP contribution < -0.4 is 21.3 Å². The van der Waals surface area contributed by atoms with Crippen molar-refractivity contribution >= 4 is 35.6 Å². The van der Waals surface area contributed by atoms with Crippen molar-refractivity contribution in [3.8, 4) is 0 Å². The second-order valence-corrected chi connectivity index (χ2v) is 8.00. The number of hydrogen-bond donors (Lipinski definition) is 4. The molecule has 9 nitrogen and oxygen atoms in total. The van der Waals surface area contributed by atoms with Crippen molar-refractivity contribution < 1.29 is 28.4 Å². The Hall–Kier alpha value is -4.08. The highest BCUT2D eigenvalue weighted by Gasteiger charge is 2.28. The molecule has 1 aliphatic heterocycles. The van der Waals surface area contributed by atoms with Gasteiger partial charge in [-0.2, -0.15) is 0 Å². The van der Waals surface area contributed by atoms with Gasteiger partial charge in [0.1, 0.15) is 18.1 Å². The van der Waals surface area contributed by atoms with E-state index in [1.54, 1.807) is 12.1 Å². The first kappa shape index (κ1) is 24.6. The fraction of sp³-hybridized carbons (Fsp3) is 0.292. The third-order valence-corrected chi connectivity index (χ3v) is 5.40. The molecule has 3 atom stereocenters. The van der Waals surface area contributed by atoms with E-state index in [4.69, 9.17) is 0 Å². The van der Waals surface area contributed by atoms with Crippen LogP contribution >= 0.6 is 0 Å². The number of aldehydes is 1. The van der Waals surface area contributed by atoms with Crippen LogP contribution in [0.1, 0.15) is 40.5 Å². The minimum atomic E-state index is -0.940. The van der Waals surface area contributed by atoms with E-state index in [1.165, 1.54) is 37.3 Å². The van der Waals surface area contributed by atoms with Crippen LogP contribution in [0.3, 0.4) is 0 Å². The summed E-state index contributed by atoms with van der Waals surface area (Å²) in [6.07, 6.45) is 1.41. The van der Waals surface area contributed by atoms with Gasteiger partial charge in [0.15, 0.2) is 0 Å². The molecule has 0 aromatic heterocycles. The van der Waals surface area contributed by atoms with Crippen LogP contribution in [-0.4, -0.2) is 48.5 Å². The van der Waals surface area contributed by atoms with Gasteiger partial charge in [-0.1, -0.05) is 12.1 Å². The van der Waals surface area contributed by atoms with E-state index in [9.17, 15) is 28.4 Å². The predicted octanol–water partition coefficient (Wildman–Crippen LogP) is 1.41. The molecular weight excluding hydrogens is 443 g/mol. The molecule has 10 heteroatoms. The van der Waals surface area contributed by atoms with E-state index in [0.29, 0.717) is 24.9 Å². The van der Waals surface area contributed by atoms with E-state index in [1.807, 2.05) is 0 Å². The van der Waals surface area contributed by atoms with Crippen molar-refractivity contribution in [3.05, 3.63) is 65.5 Å². The second-order valence-electron chi connectivity index (χ2n) is 8.00. The lowest BCUT2D eigenvalue weighted by Gasteiger charge is -2.17. The molecule has 0 bridgehead atoms. The normalized spacial score (nSPS) is 16.6. The molecule has 34 heavy (non-hydrogen) atoms. The van der Waals surface area contributed by atoms with Crippen molar-refractivity contribution in [2.45, 2.75) is 31.8 Å². The molecule has 2 aromatic carbocycles. The molecule has 4 amide bonds. The quantitative estimate of drug-likeness (QED) is 0.413. The van der Waals surface area contributed by atoms with E-state index in [0.717, 1.165) is 6.07 Å². The van der Waals surface area contributed by atoms with Crippen LogP contribution in [-0.2, 0) is 14.4 Å². The van der Waals surface area contributed by atoms with E-state index in [2.05, 4.69) is 21.3 Å². The predicted molar refractivity (Wildman–Crippen MR) is 121 cm³/mol. The molecule has 1 unspecified atom stereocenters. The number of benzene rings is 2. The fourth-order valence-electron chi connectivity index (χ4n) is 3.54. The van der Waals surface area contributed by atoms with Gasteiger partial charge in [0.25, 0.3) is 11.8 Å². The molecule has 3 rings (SSSR count). The highest BCUT2D eigenvalue weighted by Crippen LogP contribution is 2.16. The van der Waals surface area contributed by atoms with Gasteiger partial charge in [-0.3, -0.25) is 19.2 Å². The molecule has 1 aliphatic rings. The summed E-state index contributed by atoms with van der Waals surface area (Å²) in [7, 11) is 0. The van der Waals surface area contributed by atoms with Gasteiger partial charge in [0.05, 0.1) is 6.04 Å². The van der Waals surface area contributed by atoms with Gasteiger partial charge in [-0.15, -0.1) is 0 Å². The summed E-state index contributed by atoms with van der Waals surface area (Å²) in [4.78, 5) is 60.4. The highest BCUT2D eigenvalue weighted by molar-refractivity contribution is 6.02. The van der Waals surface area contributed by atoms with Crippen LogP contribution in [0.2, 0.25) is 0 Å². The zero-order chi connectivity index (χ0) is 24.7. The second kappa shape index (κ2) is 11.2. The van der Waals surface area contributed by atoms with Gasteiger partial charge in [-0.05, 0) is 56.2 Å². The lowest BCUT2D eigenvalue weighted by Crippen LogP contribution is -2.41. The average molecular weight is 468 g/mol.